The summed E-state index contributed by atoms with van der Waals surface area (Å²) in [6.07, 6.45) is 0. The SMILES string of the molecule is Cc1nc(Cl)nc(Nc2c(Cl)cc(F)cc2Br)c1[N+](=O)[O-]. The van der Waals surface area contributed by atoms with Crippen LogP contribution in [0.2, 0.25) is 10.3 Å². The second-order valence-corrected chi connectivity index (χ2v) is 5.50. The molecular weight excluding hydrogens is 390 g/mol. The van der Waals surface area contributed by atoms with E-state index >= 15 is 0 Å². The molecule has 10 heteroatoms. The van der Waals surface area contributed by atoms with Crippen molar-refractivity contribution in [3.05, 3.63) is 48.5 Å². The fourth-order valence-electron chi connectivity index (χ4n) is 1.62. The first-order chi connectivity index (χ1) is 9.79. The average Bonchev–Trinajstić information content (AvgIpc) is 2.32. The zero-order valence-electron chi connectivity index (χ0n) is 10.3. The number of anilines is 2. The van der Waals surface area contributed by atoms with Crippen molar-refractivity contribution >= 4 is 56.3 Å². The highest BCUT2D eigenvalue weighted by atomic mass is 79.9. The van der Waals surface area contributed by atoms with Crippen molar-refractivity contribution in [2.45, 2.75) is 6.92 Å². The number of rotatable bonds is 3. The van der Waals surface area contributed by atoms with Crippen LogP contribution in [0.4, 0.5) is 21.6 Å². The van der Waals surface area contributed by atoms with Crippen LogP contribution in [-0.4, -0.2) is 14.9 Å². The van der Waals surface area contributed by atoms with Gasteiger partial charge in [0.25, 0.3) is 0 Å². The number of nitrogens with one attached hydrogen (secondary N) is 1. The first-order valence-corrected chi connectivity index (χ1v) is 6.94. The Balaban J connectivity index is 2.57. The number of nitro groups is 1. The maximum atomic E-state index is 13.2. The molecule has 0 spiro atoms. The van der Waals surface area contributed by atoms with Crippen LogP contribution in [0.3, 0.4) is 0 Å². The first-order valence-electron chi connectivity index (χ1n) is 5.39. The van der Waals surface area contributed by atoms with E-state index in [2.05, 4.69) is 31.2 Å². The molecule has 6 nitrogen and oxygen atoms in total. The van der Waals surface area contributed by atoms with E-state index in [0.29, 0.717) is 0 Å². The van der Waals surface area contributed by atoms with Crippen molar-refractivity contribution in [2.75, 3.05) is 5.32 Å². The third-order valence-corrected chi connectivity index (χ3v) is 3.56. The van der Waals surface area contributed by atoms with Gasteiger partial charge in [-0.05, 0) is 46.6 Å². The highest BCUT2D eigenvalue weighted by molar-refractivity contribution is 9.10. The van der Waals surface area contributed by atoms with E-state index < -0.39 is 10.7 Å². The van der Waals surface area contributed by atoms with E-state index in [-0.39, 0.29) is 37.7 Å². The van der Waals surface area contributed by atoms with Gasteiger partial charge in [0.1, 0.15) is 11.5 Å². The number of aromatic nitrogens is 2. The van der Waals surface area contributed by atoms with Crippen molar-refractivity contribution in [2.24, 2.45) is 0 Å². The summed E-state index contributed by atoms with van der Waals surface area (Å²) in [6.45, 7) is 1.43. The van der Waals surface area contributed by atoms with Gasteiger partial charge in [-0.2, -0.15) is 4.98 Å². The lowest BCUT2D eigenvalue weighted by Crippen LogP contribution is -2.05. The molecular formula is C11H6BrCl2FN4O2. The van der Waals surface area contributed by atoms with Gasteiger partial charge >= 0.3 is 5.69 Å². The third-order valence-electron chi connectivity index (χ3n) is 2.46. The molecule has 1 aromatic heterocycles. The van der Waals surface area contributed by atoms with Gasteiger partial charge in [-0.25, -0.2) is 9.37 Å². The zero-order chi connectivity index (χ0) is 15.7. The maximum Gasteiger partial charge on any atom is 0.332 e. The summed E-state index contributed by atoms with van der Waals surface area (Å²) in [7, 11) is 0. The van der Waals surface area contributed by atoms with Crippen molar-refractivity contribution in [3.63, 3.8) is 0 Å². The maximum absolute atomic E-state index is 13.2. The third kappa shape index (κ3) is 3.39. The summed E-state index contributed by atoms with van der Waals surface area (Å²) in [6, 6.07) is 2.23. The van der Waals surface area contributed by atoms with E-state index in [1.165, 1.54) is 6.92 Å². The second-order valence-electron chi connectivity index (χ2n) is 3.90. The quantitative estimate of drug-likeness (QED) is 0.465. The molecule has 21 heavy (non-hydrogen) atoms. The molecule has 2 rings (SSSR count). The van der Waals surface area contributed by atoms with E-state index in [4.69, 9.17) is 23.2 Å². The van der Waals surface area contributed by atoms with Crippen molar-refractivity contribution in [1.82, 2.24) is 9.97 Å². The monoisotopic (exact) mass is 394 g/mol. The Morgan fingerprint density at radius 3 is 2.62 bits per heavy atom. The zero-order valence-corrected chi connectivity index (χ0v) is 13.4. The van der Waals surface area contributed by atoms with Crippen molar-refractivity contribution < 1.29 is 9.31 Å². The molecule has 0 radical (unpaired) electrons. The minimum Gasteiger partial charge on any atom is -0.332 e. The van der Waals surface area contributed by atoms with E-state index in [1.54, 1.807) is 0 Å². The number of halogens is 4. The summed E-state index contributed by atoms with van der Waals surface area (Å²) < 4.78 is 13.5. The number of nitrogens with zero attached hydrogens (tertiary/aromatic N) is 3. The minimum absolute atomic E-state index is 0.0311. The van der Waals surface area contributed by atoms with Crippen molar-refractivity contribution in [3.8, 4) is 0 Å². The van der Waals surface area contributed by atoms with Crippen LogP contribution < -0.4 is 5.32 Å². The van der Waals surface area contributed by atoms with Gasteiger partial charge in [-0.3, -0.25) is 10.1 Å². The van der Waals surface area contributed by atoms with Crippen LogP contribution in [0.5, 0.6) is 0 Å². The molecule has 0 atom stereocenters. The molecule has 1 heterocycles. The summed E-state index contributed by atoms with van der Waals surface area (Å²) in [4.78, 5) is 18.0. The lowest BCUT2D eigenvalue weighted by Gasteiger charge is -2.11. The van der Waals surface area contributed by atoms with Crippen LogP contribution in [0.25, 0.3) is 0 Å². The van der Waals surface area contributed by atoms with Crippen LogP contribution in [0.1, 0.15) is 5.69 Å². The summed E-state index contributed by atoms with van der Waals surface area (Å²) in [5.41, 5.74) is -0.0149. The Bertz CT molecular complexity index is 721. The fraction of sp³-hybridized carbons (Fsp3) is 0.0909. The summed E-state index contributed by atoms with van der Waals surface area (Å²) >= 11 is 14.7. The van der Waals surface area contributed by atoms with Gasteiger partial charge in [0, 0.05) is 4.47 Å². The van der Waals surface area contributed by atoms with E-state index in [9.17, 15) is 14.5 Å². The smallest absolute Gasteiger partial charge is 0.332 e. The molecule has 1 N–H and O–H groups in total. The van der Waals surface area contributed by atoms with Gasteiger partial charge in [0.15, 0.2) is 0 Å². The lowest BCUT2D eigenvalue weighted by molar-refractivity contribution is -0.385. The van der Waals surface area contributed by atoms with E-state index in [1.807, 2.05) is 0 Å². The first kappa shape index (κ1) is 15.9. The molecule has 0 fully saturated rings. The van der Waals surface area contributed by atoms with Crippen LogP contribution in [0.15, 0.2) is 16.6 Å². The minimum atomic E-state index is -0.640. The molecule has 110 valence electrons. The average molecular weight is 396 g/mol. The molecule has 0 aliphatic heterocycles. The van der Waals surface area contributed by atoms with Gasteiger partial charge in [-0.15, -0.1) is 0 Å². The molecule has 0 aliphatic carbocycles. The summed E-state index contributed by atoms with van der Waals surface area (Å²) in [5.74, 6) is -0.685. The topological polar surface area (TPSA) is 81.0 Å². The Morgan fingerprint density at radius 2 is 2.05 bits per heavy atom. The molecule has 0 saturated carbocycles. The van der Waals surface area contributed by atoms with Crippen LogP contribution in [-0.2, 0) is 0 Å². The second kappa shape index (κ2) is 6.08. The normalized spacial score (nSPS) is 10.5. The standard InChI is InChI=1S/C11H6BrCl2FN4O2/c1-4-9(19(20)21)10(18-11(14)16-4)17-8-6(12)2-5(15)3-7(8)13/h2-3H,1H3,(H,16,17,18). The van der Waals surface area contributed by atoms with Gasteiger partial charge < -0.3 is 5.32 Å². The molecule has 2 aromatic rings. The molecule has 0 aliphatic rings. The highest BCUT2D eigenvalue weighted by Gasteiger charge is 2.23. The van der Waals surface area contributed by atoms with Gasteiger partial charge in [-0.1, -0.05) is 11.6 Å². The number of hydrogen-bond acceptors (Lipinski definition) is 5. The van der Waals surface area contributed by atoms with Crippen LogP contribution >= 0.6 is 39.1 Å². The molecule has 0 amide bonds. The lowest BCUT2D eigenvalue weighted by atomic mass is 10.3. The molecule has 0 saturated heterocycles. The number of aryl methyl sites for hydroxylation is 1. The highest BCUT2D eigenvalue weighted by Crippen LogP contribution is 2.36. The van der Waals surface area contributed by atoms with Gasteiger partial charge in [0.2, 0.25) is 11.1 Å². The Hall–Kier alpha value is -1.51. The van der Waals surface area contributed by atoms with Gasteiger partial charge in [0.05, 0.1) is 15.6 Å². The number of benzene rings is 1. The molecule has 0 bridgehead atoms. The predicted molar refractivity (Wildman–Crippen MR) is 80.8 cm³/mol. The number of hydrogen-bond donors (Lipinski definition) is 1. The largest absolute Gasteiger partial charge is 0.332 e. The fourth-order valence-corrected chi connectivity index (χ4v) is 2.73. The Labute approximate surface area is 136 Å². The Morgan fingerprint density at radius 1 is 1.38 bits per heavy atom. The van der Waals surface area contributed by atoms with Crippen LogP contribution in [0, 0.1) is 22.9 Å². The van der Waals surface area contributed by atoms with Crippen molar-refractivity contribution in [1.29, 1.82) is 0 Å². The molecule has 1 aromatic carbocycles. The predicted octanol–water partition coefficient (Wildman–Crippen LogP) is 4.65. The summed E-state index contributed by atoms with van der Waals surface area (Å²) in [5, 5.41) is 13.7. The van der Waals surface area contributed by atoms with E-state index in [0.717, 1.165) is 12.1 Å². The Kier molecular flexibility index (Phi) is 4.60. The molecule has 0 unspecified atom stereocenters.